The summed E-state index contributed by atoms with van der Waals surface area (Å²) in [5.74, 6) is 2.43. The second kappa shape index (κ2) is 12.5. The van der Waals surface area contributed by atoms with E-state index in [4.69, 9.17) is 0 Å². The summed E-state index contributed by atoms with van der Waals surface area (Å²) in [5, 5.41) is 6.69. The van der Waals surface area contributed by atoms with Crippen LogP contribution in [0.15, 0.2) is 29.3 Å². The van der Waals surface area contributed by atoms with E-state index in [-0.39, 0.29) is 24.0 Å². The van der Waals surface area contributed by atoms with Crippen molar-refractivity contribution in [2.24, 2.45) is 16.8 Å². The van der Waals surface area contributed by atoms with E-state index >= 15 is 0 Å². The first kappa shape index (κ1) is 25.0. The Morgan fingerprint density at radius 3 is 2.64 bits per heavy atom. The molecule has 0 radical (unpaired) electrons. The molecule has 2 atom stereocenters. The van der Waals surface area contributed by atoms with Gasteiger partial charge in [0.05, 0.1) is 18.5 Å². The number of hydrogen-bond acceptors (Lipinski definition) is 3. The summed E-state index contributed by atoms with van der Waals surface area (Å²) < 4.78 is 25.6. The minimum absolute atomic E-state index is 0. The van der Waals surface area contributed by atoms with Crippen molar-refractivity contribution < 1.29 is 8.42 Å². The molecule has 1 saturated carbocycles. The fourth-order valence-electron chi connectivity index (χ4n) is 3.68. The van der Waals surface area contributed by atoms with Gasteiger partial charge >= 0.3 is 0 Å². The van der Waals surface area contributed by atoms with Crippen LogP contribution in [-0.4, -0.2) is 33.7 Å². The standard InChI is InChI=1S/C20H34N4O2S.HI/c1-4-21-20(22-13-12-17-9-7-8-16(2)14-17)23-15-18-10-5-6-11-19(18)24-27(3,25)26;/h5-6,10-11,16-17,24H,4,7-9,12-15H2,1-3H3,(H2,21,22,23);1H. The number of sulfonamides is 1. The zero-order chi connectivity index (χ0) is 19.7. The minimum Gasteiger partial charge on any atom is -0.357 e. The molecule has 0 aromatic heterocycles. The number of aliphatic imine (C=N–C) groups is 1. The van der Waals surface area contributed by atoms with Crippen molar-refractivity contribution in [1.82, 2.24) is 10.6 Å². The Labute approximate surface area is 187 Å². The van der Waals surface area contributed by atoms with Crippen LogP contribution >= 0.6 is 24.0 Å². The molecule has 0 saturated heterocycles. The third-order valence-corrected chi connectivity index (χ3v) is 5.55. The molecule has 28 heavy (non-hydrogen) atoms. The summed E-state index contributed by atoms with van der Waals surface area (Å²) >= 11 is 0. The van der Waals surface area contributed by atoms with Crippen molar-refractivity contribution in [1.29, 1.82) is 0 Å². The van der Waals surface area contributed by atoms with E-state index in [0.717, 1.165) is 42.7 Å². The molecule has 0 heterocycles. The molecule has 1 aromatic rings. The first-order valence-corrected chi connectivity index (χ1v) is 11.8. The summed E-state index contributed by atoms with van der Waals surface area (Å²) in [7, 11) is -3.31. The summed E-state index contributed by atoms with van der Waals surface area (Å²) in [6, 6.07) is 7.36. The van der Waals surface area contributed by atoms with E-state index in [1.165, 1.54) is 32.1 Å². The largest absolute Gasteiger partial charge is 0.357 e. The predicted molar refractivity (Wildman–Crippen MR) is 129 cm³/mol. The monoisotopic (exact) mass is 522 g/mol. The summed E-state index contributed by atoms with van der Waals surface area (Å²) in [6.45, 7) is 6.50. The highest BCUT2D eigenvalue weighted by atomic mass is 127. The lowest BCUT2D eigenvalue weighted by atomic mass is 9.81. The van der Waals surface area contributed by atoms with Gasteiger partial charge in [0, 0.05) is 13.1 Å². The zero-order valence-corrected chi connectivity index (χ0v) is 20.3. The van der Waals surface area contributed by atoms with Crippen LogP contribution in [0.25, 0.3) is 0 Å². The van der Waals surface area contributed by atoms with Crippen LogP contribution < -0.4 is 15.4 Å². The molecule has 0 bridgehead atoms. The SMILES string of the molecule is CCNC(=NCc1ccccc1NS(C)(=O)=O)NCCC1CCCC(C)C1.I. The Bertz CT molecular complexity index is 725. The van der Waals surface area contributed by atoms with Crippen molar-refractivity contribution in [3.05, 3.63) is 29.8 Å². The molecule has 1 aromatic carbocycles. The van der Waals surface area contributed by atoms with E-state index in [2.05, 4.69) is 27.3 Å². The first-order valence-electron chi connectivity index (χ1n) is 9.95. The van der Waals surface area contributed by atoms with Gasteiger partial charge in [-0.25, -0.2) is 13.4 Å². The van der Waals surface area contributed by atoms with Gasteiger partial charge in [-0.2, -0.15) is 0 Å². The lowest BCUT2D eigenvalue weighted by Gasteiger charge is -2.26. The normalized spacial score (nSPS) is 20.2. The quantitative estimate of drug-likeness (QED) is 0.275. The zero-order valence-electron chi connectivity index (χ0n) is 17.2. The predicted octanol–water partition coefficient (Wildman–Crippen LogP) is 3.95. The van der Waals surface area contributed by atoms with E-state index in [9.17, 15) is 8.42 Å². The van der Waals surface area contributed by atoms with Crippen LogP contribution in [0.4, 0.5) is 5.69 Å². The van der Waals surface area contributed by atoms with E-state index in [1.807, 2.05) is 25.1 Å². The van der Waals surface area contributed by atoms with Gasteiger partial charge in [0.25, 0.3) is 0 Å². The van der Waals surface area contributed by atoms with Crippen molar-refractivity contribution in [2.45, 2.75) is 52.5 Å². The van der Waals surface area contributed by atoms with Gasteiger partial charge in [-0.3, -0.25) is 4.72 Å². The topological polar surface area (TPSA) is 82.6 Å². The fourth-order valence-corrected chi connectivity index (χ4v) is 4.28. The van der Waals surface area contributed by atoms with Crippen molar-refractivity contribution >= 4 is 45.6 Å². The molecular weight excluding hydrogens is 487 g/mol. The Morgan fingerprint density at radius 1 is 1.21 bits per heavy atom. The van der Waals surface area contributed by atoms with Crippen LogP contribution in [0.5, 0.6) is 0 Å². The first-order chi connectivity index (χ1) is 12.9. The van der Waals surface area contributed by atoms with E-state index in [1.54, 1.807) is 6.07 Å². The van der Waals surface area contributed by atoms with Gasteiger partial charge in [0.2, 0.25) is 10.0 Å². The molecule has 3 N–H and O–H groups in total. The van der Waals surface area contributed by atoms with E-state index in [0.29, 0.717) is 12.2 Å². The highest BCUT2D eigenvalue weighted by Crippen LogP contribution is 2.30. The number of rotatable bonds is 8. The van der Waals surface area contributed by atoms with Gasteiger partial charge in [0.15, 0.2) is 5.96 Å². The number of anilines is 1. The van der Waals surface area contributed by atoms with Crippen molar-refractivity contribution in [3.63, 3.8) is 0 Å². The maximum atomic E-state index is 11.5. The molecule has 0 spiro atoms. The summed E-state index contributed by atoms with van der Waals surface area (Å²) in [5.41, 5.74) is 1.43. The van der Waals surface area contributed by atoms with Crippen LogP contribution in [0.1, 0.15) is 51.5 Å². The lowest BCUT2D eigenvalue weighted by Crippen LogP contribution is -2.38. The average Bonchev–Trinajstić information content (AvgIpc) is 2.59. The molecule has 6 nitrogen and oxygen atoms in total. The van der Waals surface area contributed by atoms with Gasteiger partial charge in [0.1, 0.15) is 0 Å². The van der Waals surface area contributed by atoms with Crippen molar-refractivity contribution in [3.8, 4) is 0 Å². The molecule has 1 fully saturated rings. The smallest absolute Gasteiger partial charge is 0.229 e. The molecule has 160 valence electrons. The molecule has 2 rings (SSSR count). The van der Waals surface area contributed by atoms with E-state index < -0.39 is 10.0 Å². The second-order valence-electron chi connectivity index (χ2n) is 7.58. The molecule has 2 unspecified atom stereocenters. The van der Waals surface area contributed by atoms with Gasteiger partial charge in [-0.15, -0.1) is 24.0 Å². The molecule has 0 aliphatic heterocycles. The summed E-state index contributed by atoms with van der Waals surface area (Å²) in [6.07, 6.45) is 7.72. The highest BCUT2D eigenvalue weighted by Gasteiger charge is 2.18. The Kier molecular flexibility index (Phi) is 11.2. The average molecular weight is 522 g/mol. The fraction of sp³-hybridized carbons (Fsp3) is 0.650. The third kappa shape index (κ3) is 9.45. The van der Waals surface area contributed by atoms with Gasteiger partial charge < -0.3 is 10.6 Å². The molecule has 1 aliphatic carbocycles. The third-order valence-electron chi connectivity index (χ3n) is 4.95. The van der Waals surface area contributed by atoms with Gasteiger partial charge in [-0.1, -0.05) is 44.4 Å². The number of guanidine groups is 1. The van der Waals surface area contributed by atoms with Crippen LogP contribution in [-0.2, 0) is 16.6 Å². The summed E-state index contributed by atoms with van der Waals surface area (Å²) in [4.78, 5) is 4.63. The molecule has 8 heteroatoms. The van der Waals surface area contributed by atoms with Gasteiger partial charge in [-0.05, 0) is 43.2 Å². The molecule has 0 amide bonds. The maximum Gasteiger partial charge on any atom is 0.229 e. The minimum atomic E-state index is -3.31. The van der Waals surface area contributed by atoms with Crippen molar-refractivity contribution in [2.75, 3.05) is 24.1 Å². The Morgan fingerprint density at radius 2 is 1.96 bits per heavy atom. The maximum absolute atomic E-state index is 11.5. The van der Waals surface area contributed by atoms with Crippen LogP contribution in [0, 0.1) is 11.8 Å². The Balaban J connectivity index is 0.00000392. The number of hydrogen-bond donors (Lipinski definition) is 3. The molecular formula is C20H35IN4O2S. The van der Waals surface area contributed by atoms with Crippen LogP contribution in [0.3, 0.4) is 0 Å². The molecule has 1 aliphatic rings. The van der Waals surface area contributed by atoms with Crippen LogP contribution in [0.2, 0.25) is 0 Å². The number of nitrogens with zero attached hydrogens (tertiary/aromatic N) is 1. The lowest BCUT2D eigenvalue weighted by molar-refractivity contribution is 0.270. The number of halogens is 1. The number of benzene rings is 1. The number of para-hydroxylation sites is 1. The second-order valence-corrected chi connectivity index (χ2v) is 9.33. The Hall–Kier alpha value is -1.03. The highest BCUT2D eigenvalue weighted by molar-refractivity contribution is 14.0. The number of nitrogens with one attached hydrogen (secondary N) is 3.